The average Bonchev–Trinajstić information content (AvgIpc) is 2.84. The minimum absolute atomic E-state index is 0.325. The summed E-state index contributed by atoms with van der Waals surface area (Å²) >= 11 is 1.41. The number of carboxylic acid groups (broad SMARTS) is 1. The highest BCUT2D eigenvalue weighted by Gasteiger charge is 2.11. The van der Waals surface area contributed by atoms with E-state index in [1.54, 1.807) is 17.6 Å². The molecule has 0 aliphatic carbocycles. The van der Waals surface area contributed by atoms with E-state index in [9.17, 15) is 4.79 Å². The first-order chi connectivity index (χ1) is 7.72. The molecule has 0 spiro atoms. The maximum Gasteiger partial charge on any atom is 0.336 e. The number of carboxylic acids is 1. The maximum atomic E-state index is 10.8. The second-order valence-corrected chi connectivity index (χ2v) is 4.36. The number of rotatable bonds is 4. The van der Waals surface area contributed by atoms with Gasteiger partial charge in [-0.25, -0.2) is 9.78 Å². The van der Waals surface area contributed by atoms with Crippen molar-refractivity contribution in [2.45, 2.75) is 19.9 Å². The second kappa shape index (κ2) is 4.49. The first-order valence-corrected chi connectivity index (χ1v) is 5.93. The van der Waals surface area contributed by atoms with Gasteiger partial charge < -0.3 is 9.67 Å². The van der Waals surface area contributed by atoms with Crippen LogP contribution in [-0.2, 0) is 6.54 Å². The third-order valence-electron chi connectivity index (χ3n) is 2.25. The zero-order chi connectivity index (χ0) is 11.5. The molecule has 0 amide bonds. The van der Waals surface area contributed by atoms with Crippen LogP contribution in [0.15, 0.2) is 23.8 Å². The Bertz CT molecular complexity index is 502. The fourth-order valence-electron chi connectivity index (χ4n) is 1.52. The number of nitrogens with zero attached hydrogens (tertiary/aromatic N) is 2. The Morgan fingerprint density at radius 3 is 3.06 bits per heavy atom. The molecule has 0 aliphatic rings. The van der Waals surface area contributed by atoms with Gasteiger partial charge in [0.2, 0.25) is 0 Å². The number of aryl methyl sites for hydroxylation is 1. The molecule has 16 heavy (non-hydrogen) atoms. The van der Waals surface area contributed by atoms with E-state index in [1.165, 1.54) is 11.3 Å². The Morgan fingerprint density at radius 2 is 2.44 bits per heavy atom. The smallest absolute Gasteiger partial charge is 0.336 e. The van der Waals surface area contributed by atoms with Crippen molar-refractivity contribution in [3.05, 3.63) is 29.4 Å². The van der Waals surface area contributed by atoms with E-state index < -0.39 is 5.97 Å². The predicted octanol–water partition coefficient (Wildman–Crippen LogP) is 2.72. The molecule has 0 radical (unpaired) electrons. The van der Waals surface area contributed by atoms with Crippen LogP contribution in [0.3, 0.4) is 0 Å². The van der Waals surface area contributed by atoms with E-state index in [0.29, 0.717) is 5.56 Å². The van der Waals surface area contributed by atoms with Crippen molar-refractivity contribution in [1.29, 1.82) is 0 Å². The van der Waals surface area contributed by atoms with Gasteiger partial charge in [0.05, 0.1) is 10.4 Å². The fourth-order valence-corrected chi connectivity index (χ4v) is 2.41. The van der Waals surface area contributed by atoms with Crippen LogP contribution in [0.4, 0.5) is 0 Å². The number of aromatic nitrogens is 2. The van der Waals surface area contributed by atoms with E-state index in [4.69, 9.17) is 5.11 Å². The molecular formula is C11H12N2O2S. The highest BCUT2D eigenvalue weighted by atomic mass is 32.1. The van der Waals surface area contributed by atoms with Crippen LogP contribution in [0.5, 0.6) is 0 Å². The van der Waals surface area contributed by atoms with Crippen LogP contribution >= 0.6 is 11.3 Å². The van der Waals surface area contributed by atoms with Gasteiger partial charge in [0.1, 0.15) is 5.82 Å². The lowest BCUT2D eigenvalue weighted by molar-refractivity contribution is 0.0697. The third kappa shape index (κ3) is 1.99. The van der Waals surface area contributed by atoms with Gasteiger partial charge in [-0.2, -0.15) is 0 Å². The molecule has 2 aromatic rings. The number of carbonyl (C=O) groups is 1. The molecule has 0 atom stereocenters. The van der Waals surface area contributed by atoms with Crippen LogP contribution in [0.25, 0.3) is 10.7 Å². The molecule has 0 fully saturated rings. The van der Waals surface area contributed by atoms with E-state index in [2.05, 4.69) is 11.9 Å². The van der Waals surface area contributed by atoms with Crippen molar-refractivity contribution in [3.8, 4) is 10.7 Å². The minimum Gasteiger partial charge on any atom is -0.478 e. The zero-order valence-electron chi connectivity index (χ0n) is 8.88. The van der Waals surface area contributed by atoms with Crippen LogP contribution in [0.1, 0.15) is 23.7 Å². The monoisotopic (exact) mass is 236 g/mol. The molecule has 84 valence electrons. The van der Waals surface area contributed by atoms with Crippen LogP contribution < -0.4 is 0 Å². The first-order valence-electron chi connectivity index (χ1n) is 5.05. The van der Waals surface area contributed by atoms with Gasteiger partial charge in [-0.05, 0) is 12.5 Å². The van der Waals surface area contributed by atoms with Gasteiger partial charge in [-0.15, -0.1) is 11.3 Å². The van der Waals surface area contributed by atoms with Gasteiger partial charge in [0.15, 0.2) is 0 Å². The van der Waals surface area contributed by atoms with E-state index in [-0.39, 0.29) is 0 Å². The largest absolute Gasteiger partial charge is 0.478 e. The number of hydrogen-bond donors (Lipinski definition) is 1. The molecule has 0 aliphatic heterocycles. The summed E-state index contributed by atoms with van der Waals surface area (Å²) < 4.78 is 2.04. The quantitative estimate of drug-likeness (QED) is 0.888. The van der Waals surface area contributed by atoms with Crippen molar-refractivity contribution >= 4 is 17.3 Å². The van der Waals surface area contributed by atoms with Crippen molar-refractivity contribution in [2.75, 3.05) is 0 Å². The summed E-state index contributed by atoms with van der Waals surface area (Å²) in [5, 5.41) is 10.5. The Morgan fingerprint density at radius 1 is 1.62 bits per heavy atom. The molecule has 4 nitrogen and oxygen atoms in total. The fraction of sp³-hybridized carbons (Fsp3) is 0.273. The molecule has 0 saturated heterocycles. The number of hydrogen-bond acceptors (Lipinski definition) is 3. The van der Waals surface area contributed by atoms with E-state index in [1.807, 2.05) is 10.8 Å². The third-order valence-corrected chi connectivity index (χ3v) is 3.17. The number of imidazole rings is 1. The maximum absolute atomic E-state index is 10.8. The molecular weight excluding hydrogens is 224 g/mol. The van der Waals surface area contributed by atoms with Crippen LogP contribution in [0, 0.1) is 0 Å². The summed E-state index contributed by atoms with van der Waals surface area (Å²) in [7, 11) is 0. The molecule has 2 aromatic heterocycles. The van der Waals surface area contributed by atoms with Gasteiger partial charge in [-0.3, -0.25) is 0 Å². The van der Waals surface area contributed by atoms with Crippen LogP contribution in [0.2, 0.25) is 0 Å². The lowest BCUT2D eigenvalue weighted by atomic mass is 10.3. The highest BCUT2D eigenvalue weighted by Crippen LogP contribution is 2.26. The minimum atomic E-state index is -0.893. The molecule has 2 heterocycles. The molecule has 2 rings (SSSR count). The summed E-state index contributed by atoms with van der Waals surface area (Å²) in [6.45, 7) is 3.00. The summed E-state index contributed by atoms with van der Waals surface area (Å²) in [5.41, 5.74) is 0.325. The molecule has 0 bridgehead atoms. The first kappa shape index (κ1) is 10.9. The zero-order valence-corrected chi connectivity index (χ0v) is 9.70. The average molecular weight is 236 g/mol. The Balaban J connectivity index is 2.34. The van der Waals surface area contributed by atoms with Crippen molar-refractivity contribution in [1.82, 2.24) is 9.55 Å². The summed E-state index contributed by atoms with van der Waals surface area (Å²) in [5.74, 6) is -0.0459. The van der Waals surface area contributed by atoms with Gasteiger partial charge in [0, 0.05) is 24.3 Å². The molecule has 0 aromatic carbocycles. The van der Waals surface area contributed by atoms with Crippen molar-refractivity contribution in [2.24, 2.45) is 0 Å². The van der Waals surface area contributed by atoms with Crippen molar-refractivity contribution in [3.63, 3.8) is 0 Å². The van der Waals surface area contributed by atoms with E-state index >= 15 is 0 Å². The van der Waals surface area contributed by atoms with Gasteiger partial charge in [0.25, 0.3) is 0 Å². The predicted molar refractivity (Wildman–Crippen MR) is 62.8 cm³/mol. The van der Waals surface area contributed by atoms with Crippen molar-refractivity contribution < 1.29 is 9.90 Å². The summed E-state index contributed by atoms with van der Waals surface area (Å²) in [6, 6.07) is 1.67. The molecule has 0 saturated carbocycles. The lowest BCUT2D eigenvalue weighted by Crippen LogP contribution is -1.97. The molecule has 5 heteroatoms. The van der Waals surface area contributed by atoms with Gasteiger partial charge in [-0.1, -0.05) is 6.92 Å². The standard InChI is InChI=1S/C11H12N2O2S/c1-2-4-13-5-3-12-10(13)9-6-8(7-16-9)11(14)15/h3,5-7H,2,4H2,1H3,(H,14,15). The Labute approximate surface area is 97.2 Å². The van der Waals surface area contributed by atoms with Crippen LogP contribution in [-0.4, -0.2) is 20.6 Å². The normalized spacial score (nSPS) is 10.6. The lowest BCUT2D eigenvalue weighted by Gasteiger charge is -2.03. The SMILES string of the molecule is CCCn1ccnc1-c1cc(C(=O)O)cs1. The summed E-state index contributed by atoms with van der Waals surface area (Å²) in [6.07, 6.45) is 4.69. The molecule has 1 N–H and O–H groups in total. The van der Waals surface area contributed by atoms with Gasteiger partial charge >= 0.3 is 5.97 Å². The number of aromatic carboxylic acids is 1. The second-order valence-electron chi connectivity index (χ2n) is 3.45. The Hall–Kier alpha value is -1.62. The van der Waals surface area contributed by atoms with E-state index in [0.717, 1.165) is 23.7 Å². The number of thiophene rings is 1. The topological polar surface area (TPSA) is 55.1 Å². The Kier molecular flexibility index (Phi) is 3.05. The highest BCUT2D eigenvalue weighted by molar-refractivity contribution is 7.13. The summed E-state index contributed by atoms with van der Waals surface area (Å²) in [4.78, 5) is 15.9. The molecule has 0 unspecified atom stereocenters.